The summed E-state index contributed by atoms with van der Waals surface area (Å²) < 4.78 is 32.1. The van der Waals surface area contributed by atoms with E-state index in [1.165, 1.54) is 11.0 Å². The van der Waals surface area contributed by atoms with E-state index in [1.807, 2.05) is 61.5 Å². The van der Waals surface area contributed by atoms with Crippen LogP contribution in [0.25, 0.3) is 0 Å². The minimum Gasteiger partial charge on any atom is -0.444 e. The minimum atomic E-state index is -0.603. The van der Waals surface area contributed by atoms with Crippen LogP contribution in [0.5, 0.6) is 0 Å². The van der Waals surface area contributed by atoms with E-state index in [9.17, 15) is 9.18 Å². The number of halogens is 1. The zero-order chi connectivity index (χ0) is 21.5. The Morgan fingerprint density at radius 2 is 1.75 bits per heavy atom. The summed E-state index contributed by atoms with van der Waals surface area (Å²) >= 11 is 0. The number of hydrogen-bond acceptors (Lipinski definition) is 4. The highest BCUT2D eigenvalue weighted by Crippen LogP contribution is 2.36. The molecule has 1 saturated heterocycles. The fraction of sp³-hybridized carbons (Fsp3) is 0.667. The summed E-state index contributed by atoms with van der Waals surface area (Å²) in [5, 5.41) is 0. The molecule has 156 valence electrons. The maximum Gasteiger partial charge on any atom is 0.494 e. The van der Waals surface area contributed by atoms with Crippen LogP contribution >= 0.6 is 0 Å². The molecule has 28 heavy (non-hydrogen) atoms. The standard InChI is InChI=1S/C21H33BFNO4/c1-14(13-24(9)18(25)26-19(2,3)4)16-11-10-15(12-17(16)23)22-27-20(5,6)21(7,8)28-22/h10-12,14H,13H2,1-9H3/t14-/m0/s1. The summed E-state index contributed by atoms with van der Waals surface area (Å²) in [5.41, 5.74) is -0.333. The molecule has 1 fully saturated rings. The number of likely N-dealkylation sites (N-methyl/N-ethyl adjacent to an activating group) is 1. The SMILES string of the molecule is C[C@@H](CN(C)C(=O)OC(C)(C)C)c1ccc(B2OC(C)(C)C(C)(C)O2)cc1F. The number of benzene rings is 1. The molecule has 0 aliphatic carbocycles. The molecular formula is C21H33BFNO4. The Labute approximate surface area is 168 Å². The lowest BCUT2D eigenvalue weighted by Gasteiger charge is -2.32. The van der Waals surface area contributed by atoms with Gasteiger partial charge in [-0.05, 0) is 65.6 Å². The molecule has 0 bridgehead atoms. The molecule has 1 aliphatic rings. The first kappa shape index (κ1) is 22.7. The Hall–Kier alpha value is -1.60. The lowest BCUT2D eigenvalue weighted by molar-refractivity contribution is 0.00578. The number of hydrogen-bond donors (Lipinski definition) is 0. The van der Waals surface area contributed by atoms with Crippen LogP contribution in [0.15, 0.2) is 18.2 Å². The number of amides is 1. The molecule has 2 rings (SSSR count). The molecule has 0 unspecified atom stereocenters. The van der Waals surface area contributed by atoms with Gasteiger partial charge in [-0.3, -0.25) is 0 Å². The van der Waals surface area contributed by atoms with E-state index >= 15 is 0 Å². The van der Waals surface area contributed by atoms with Gasteiger partial charge in [0.25, 0.3) is 0 Å². The second-order valence-electron chi connectivity index (χ2n) is 9.63. The van der Waals surface area contributed by atoms with Crippen molar-refractivity contribution >= 4 is 18.7 Å². The molecule has 0 aromatic heterocycles. The third-order valence-corrected chi connectivity index (χ3v) is 5.33. The van der Waals surface area contributed by atoms with Gasteiger partial charge in [0.2, 0.25) is 0 Å². The lowest BCUT2D eigenvalue weighted by Crippen LogP contribution is -2.41. The number of nitrogens with zero attached hydrogens (tertiary/aromatic N) is 1. The maximum absolute atomic E-state index is 14.8. The number of carbonyl (C=O) groups is 1. The van der Waals surface area contributed by atoms with Crippen molar-refractivity contribution in [2.75, 3.05) is 13.6 Å². The highest BCUT2D eigenvalue weighted by molar-refractivity contribution is 6.62. The second-order valence-corrected chi connectivity index (χ2v) is 9.63. The predicted molar refractivity (Wildman–Crippen MR) is 109 cm³/mol. The average Bonchev–Trinajstić information content (AvgIpc) is 2.73. The third kappa shape index (κ3) is 5.06. The van der Waals surface area contributed by atoms with Crippen LogP contribution < -0.4 is 5.46 Å². The predicted octanol–water partition coefficient (Wildman–Crippen LogP) is 4.10. The minimum absolute atomic E-state index is 0.190. The van der Waals surface area contributed by atoms with Crippen molar-refractivity contribution in [3.63, 3.8) is 0 Å². The average molecular weight is 393 g/mol. The van der Waals surface area contributed by atoms with Crippen molar-refractivity contribution in [2.24, 2.45) is 0 Å². The van der Waals surface area contributed by atoms with E-state index in [0.29, 0.717) is 17.6 Å². The van der Waals surface area contributed by atoms with Gasteiger partial charge in [0, 0.05) is 19.5 Å². The molecule has 1 aromatic carbocycles. The number of rotatable bonds is 4. The van der Waals surface area contributed by atoms with Gasteiger partial charge in [-0.2, -0.15) is 0 Å². The first-order valence-electron chi connectivity index (χ1n) is 9.72. The zero-order valence-corrected chi connectivity index (χ0v) is 18.6. The van der Waals surface area contributed by atoms with E-state index in [4.69, 9.17) is 14.0 Å². The van der Waals surface area contributed by atoms with Crippen LogP contribution in [-0.2, 0) is 14.0 Å². The van der Waals surface area contributed by atoms with Crippen molar-refractivity contribution in [1.82, 2.24) is 4.90 Å². The Morgan fingerprint density at radius 1 is 1.21 bits per heavy atom. The monoisotopic (exact) mass is 393 g/mol. The van der Waals surface area contributed by atoms with Crippen LogP contribution in [-0.4, -0.2) is 48.5 Å². The number of carbonyl (C=O) groups excluding carboxylic acids is 1. The van der Waals surface area contributed by atoms with Gasteiger partial charge in [-0.25, -0.2) is 9.18 Å². The molecule has 0 spiro atoms. The summed E-state index contributed by atoms with van der Waals surface area (Å²) in [6.07, 6.45) is -0.423. The van der Waals surface area contributed by atoms with Crippen LogP contribution in [0.2, 0.25) is 0 Å². The molecule has 1 aliphatic heterocycles. The van der Waals surface area contributed by atoms with Crippen LogP contribution in [0.4, 0.5) is 9.18 Å². The molecule has 1 aromatic rings. The summed E-state index contributed by atoms with van der Waals surface area (Å²) in [6, 6.07) is 5.02. The zero-order valence-electron chi connectivity index (χ0n) is 18.6. The molecule has 0 radical (unpaired) electrons. The van der Waals surface area contributed by atoms with E-state index in [2.05, 4.69) is 0 Å². The fourth-order valence-electron chi connectivity index (χ4n) is 2.99. The van der Waals surface area contributed by atoms with Crippen molar-refractivity contribution in [3.8, 4) is 0 Å². The largest absolute Gasteiger partial charge is 0.494 e. The third-order valence-electron chi connectivity index (χ3n) is 5.33. The Kier molecular flexibility index (Phi) is 6.22. The number of ether oxygens (including phenoxy) is 1. The highest BCUT2D eigenvalue weighted by Gasteiger charge is 2.51. The Bertz CT molecular complexity index is 714. The van der Waals surface area contributed by atoms with Gasteiger partial charge < -0.3 is 18.9 Å². The molecule has 1 amide bonds. The van der Waals surface area contributed by atoms with Crippen molar-refractivity contribution in [1.29, 1.82) is 0 Å². The van der Waals surface area contributed by atoms with Crippen LogP contribution in [0, 0.1) is 5.82 Å². The van der Waals surface area contributed by atoms with E-state index in [-0.39, 0.29) is 11.7 Å². The van der Waals surface area contributed by atoms with Crippen molar-refractivity contribution < 1.29 is 23.2 Å². The van der Waals surface area contributed by atoms with Gasteiger partial charge in [0.05, 0.1) is 11.2 Å². The van der Waals surface area contributed by atoms with E-state index in [0.717, 1.165) is 0 Å². The van der Waals surface area contributed by atoms with Gasteiger partial charge in [0.15, 0.2) is 0 Å². The first-order valence-corrected chi connectivity index (χ1v) is 9.72. The molecule has 5 nitrogen and oxygen atoms in total. The second kappa shape index (κ2) is 7.67. The molecule has 0 saturated carbocycles. The lowest BCUT2D eigenvalue weighted by atomic mass is 9.78. The van der Waals surface area contributed by atoms with Crippen LogP contribution in [0.3, 0.4) is 0 Å². The summed E-state index contributed by atoms with van der Waals surface area (Å²) in [5.74, 6) is -0.526. The molecule has 0 N–H and O–H groups in total. The smallest absolute Gasteiger partial charge is 0.444 e. The van der Waals surface area contributed by atoms with Gasteiger partial charge in [0.1, 0.15) is 11.4 Å². The highest BCUT2D eigenvalue weighted by atomic mass is 19.1. The summed E-state index contributed by atoms with van der Waals surface area (Å²) in [4.78, 5) is 13.6. The first-order chi connectivity index (χ1) is 12.6. The normalized spacial score (nSPS) is 19.4. The van der Waals surface area contributed by atoms with Crippen molar-refractivity contribution in [2.45, 2.75) is 78.1 Å². The quantitative estimate of drug-likeness (QED) is 0.723. The summed E-state index contributed by atoms with van der Waals surface area (Å²) in [7, 11) is 1.05. The fourth-order valence-corrected chi connectivity index (χ4v) is 2.99. The van der Waals surface area contributed by atoms with Crippen LogP contribution in [0.1, 0.15) is 66.9 Å². The molecule has 7 heteroatoms. The van der Waals surface area contributed by atoms with Gasteiger partial charge >= 0.3 is 13.2 Å². The molecule has 1 atom stereocenters. The topological polar surface area (TPSA) is 48.0 Å². The molecular weight excluding hydrogens is 360 g/mol. The maximum atomic E-state index is 14.8. The Balaban J connectivity index is 2.09. The van der Waals surface area contributed by atoms with Gasteiger partial charge in [-0.15, -0.1) is 0 Å². The van der Waals surface area contributed by atoms with Gasteiger partial charge in [-0.1, -0.05) is 19.1 Å². The molecule has 1 heterocycles. The summed E-state index contributed by atoms with van der Waals surface area (Å²) in [6.45, 7) is 15.5. The van der Waals surface area contributed by atoms with Crippen molar-refractivity contribution in [3.05, 3.63) is 29.6 Å². The van der Waals surface area contributed by atoms with E-state index in [1.54, 1.807) is 13.1 Å². The van der Waals surface area contributed by atoms with E-state index < -0.39 is 30.0 Å². The Morgan fingerprint density at radius 3 is 2.21 bits per heavy atom.